The molecule has 4 nitrogen and oxygen atoms in total. The van der Waals surface area contributed by atoms with Gasteiger partial charge in [0, 0.05) is 23.3 Å². The summed E-state index contributed by atoms with van der Waals surface area (Å²) < 4.78 is 8.47. The van der Waals surface area contributed by atoms with Crippen molar-refractivity contribution in [1.29, 1.82) is 0 Å². The zero-order chi connectivity index (χ0) is 20.2. The molecule has 0 amide bonds. The fourth-order valence-electron chi connectivity index (χ4n) is 2.98. The summed E-state index contributed by atoms with van der Waals surface area (Å²) in [5.41, 5.74) is 2.75. The monoisotopic (exact) mass is 420 g/mol. The van der Waals surface area contributed by atoms with Crippen molar-refractivity contribution in [3.63, 3.8) is 0 Å². The van der Waals surface area contributed by atoms with Gasteiger partial charge in [0.15, 0.2) is 5.78 Å². The second kappa shape index (κ2) is 12.7. The summed E-state index contributed by atoms with van der Waals surface area (Å²) in [4.78, 5) is 12.4. The van der Waals surface area contributed by atoms with Gasteiger partial charge in [-0.2, -0.15) is 0 Å². The summed E-state index contributed by atoms with van der Waals surface area (Å²) in [6.45, 7) is 1.88. The first-order chi connectivity index (χ1) is 13.7. The number of rotatable bonds is 13. The molecule has 0 bridgehead atoms. The van der Waals surface area contributed by atoms with Gasteiger partial charge in [-0.25, -0.2) is 0 Å². The number of halogens is 1. The van der Waals surface area contributed by atoms with E-state index in [1.54, 1.807) is 7.11 Å². The van der Waals surface area contributed by atoms with Crippen molar-refractivity contribution in [3.05, 3.63) is 58.6 Å². The van der Waals surface area contributed by atoms with Gasteiger partial charge in [0.25, 0.3) is 0 Å². The Hall–Kier alpha value is -1.69. The van der Waals surface area contributed by atoms with Crippen molar-refractivity contribution in [2.75, 3.05) is 31.2 Å². The van der Waals surface area contributed by atoms with Crippen LogP contribution in [0.25, 0.3) is 0 Å². The molecule has 2 aromatic carbocycles. The highest BCUT2D eigenvalue weighted by Crippen LogP contribution is 2.28. The summed E-state index contributed by atoms with van der Waals surface area (Å²) in [5, 5.41) is 4.28. The van der Waals surface area contributed by atoms with Crippen molar-refractivity contribution in [2.45, 2.75) is 32.1 Å². The molecular weight excluding hydrogens is 392 g/mol. The van der Waals surface area contributed by atoms with E-state index in [0.717, 1.165) is 60.8 Å². The molecule has 2 aromatic rings. The molecule has 0 aliphatic rings. The number of carbonyl (C=O) groups is 1. The average molecular weight is 421 g/mol. The lowest BCUT2D eigenvalue weighted by atomic mass is 10.0. The van der Waals surface area contributed by atoms with Gasteiger partial charge in [-0.15, -0.1) is 0 Å². The molecule has 0 aromatic heterocycles. The van der Waals surface area contributed by atoms with Crippen LogP contribution in [0.1, 0.15) is 41.6 Å². The second-order valence-corrected chi connectivity index (χ2v) is 7.57. The number of ether oxygens (including phenoxy) is 1. The fraction of sp³-hybridized carbons (Fsp3) is 0.409. The standard InChI is InChI=1S/C22H29ClN2O2S/c1-27-22-12-11-18(16-20(22)25-28-2)21(26)10-4-3-7-14-24-15-13-17-8-5-6-9-19(17)23/h5-6,8-9,11-12,16,24-25H,3-4,7,10,13-15H2,1-2H3. The van der Waals surface area contributed by atoms with Crippen molar-refractivity contribution in [2.24, 2.45) is 0 Å². The minimum absolute atomic E-state index is 0.179. The SMILES string of the molecule is COc1ccc(C(=O)CCCCCNCCc2ccccc2Cl)cc1NSC. The Morgan fingerprint density at radius 1 is 1.11 bits per heavy atom. The Balaban J connectivity index is 1.62. The first-order valence-corrected chi connectivity index (χ1v) is 11.2. The second-order valence-electron chi connectivity index (χ2n) is 6.55. The van der Waals surface area contributed by atoms with E-state index >= 15 is 0 Å². The van der Waals surface area contributed by atoms with Crippen LogP contribution in [0.3, 0.4) is 0 Å². The largest absolute Gasteiger partial charge is 0.495 e. The van der Waals surface area contributed by atoms with Crippen LogP contribution in [0, 0.1) is 0 Å². The van der Waals surface area contributed by atoms with Gasteiger partial charge in [-0.1, -0.05) is 48.2 Å². The van der Waals surface area contributed by atoms with E-state index in [-0.39, 0.29) is 5.78 Å². The molecule has 0 fully saturated rings. The molecule has 0 saturated heterocycles. The number of nitrogens with one attached hydrogen (secondary N) is 2. The molecule has 0 unspecified atom stereocenters. The third kappa shape index (κ3) is 7.38. The maximum absolute atomic E-state index is 12.4. The Morgan fingerprint density at radius 3 is 2.68 bits per heavy atom. The van der Waals surface area contributed by atoms with Crippen molar-refractivity contribution < 1.29 is 9.53 Å². The van der Waals surface area contributed by atoms with E-state index in [1.165, 1.54) is 17.5 Å². The number of carbonyl (C=O) groups excluding carboxylic acids is 1. The molecule has 0 radical (unpaired) electrons. The number of hydrogen-bond donors (Lipinski definition) is 2. The first-order valence-electron chi connectivity index (χ1n) is 9.60. The van der Waals surface area contributed by atoms with Crippen LogP contribution in [-0.4, -0.2) is 32.2 Å². The topological polar surface area (TPSA) is 50.4 Å². The summed E-state index contributed by atoms with van der Waals surface area (Å²) in [6, 6.07) is 13.5. The first kappa shape index (κ1) is 22.6. The number of ketones is 1. The molecule has 0 aliphatic carbocycles. The van der Waals surface area contributed by atoms with Crippen molar-refractivity contribution in [3.8, 4) is 5.75 Å². The van der Waals surface area contributed by atoms with E-state index in [9.17, 15) is 4.79 Å². The fourth-order valence-corrected chi connectivity index (χ4v) is 3.59. The summed E-state index contributed by atoms with van der Waals surface area (Å²) in [5.74, 6) is 0.923. The van der Waals surface area contributed by atoms with E-state index in [4.69, 9.17) is 16.3 Å². The number of unbranched alkanes of at least 4 members (excludes halogenated alkanes) is 2. The van der Waals surface area contributed by atoms with Gasteiger partial charge < -0.3 is 14.8 Å². The van der Waals surface area contributed by atoms with Gasteiger partial charge in [-0.3, -0.25) is 4.79 Å². The van der Waals surface area contributed by atoms with Gasteiger partial charge in [0.1, 0.15) is 5.75 Å². The molecule has 2 rings (SSSR count). The summed E-state index contributed by atoms with van der Waals surface area (Å²) in [7, 11) is 1.63. The normalized spacial score (nSPS) is 10.7. The van der Waals surface area contributed by atoms with Crippen LogP contribution < -0.4 is 14.8 Å². The number of methoxy groups -OCH3 is 1. The molecule has 6 heteroatoms. The van der Waals surface area contributed by atoms with Gasteiger partial charge in [-0.05, 0) is 62.2 Å². The molecule has 0 spiro atoms. The van der Waals surface area contributed by atoms with E-state index in [0.29, 0.717) is 6.42 Å². The highest BCUT2D eigenvalue weighted by atomic mass is 35.5. The molecule has 0 heterocycles. The van der Waals surface area contributed by atoms with Crippen LogP contribution >= 0.6 is 23.5 Å². The predicted octanol–water partition coefficient (Wildman–Crippen LogP) is 5.61. The minimum Gasteiger partial charge on any atom is -0.495 e. The quantitative estimate of drug-likeness (QED) is 0.250. The van der Waals surface area contributed by atoms with Gasteiger partial charge in [0.2, 0.25) is 0 Å². The van der Waals surface area contributed by atoms with Crippen LogP contribution in [0.15, 0.2) is 42.5 Å². The highest BCUT2D eigenvalue weighted by Gasteiger charge is 2.10. The maximum atomic E-state index is 12.4. The molecule has 2 N–H and O–H groups in total. The molecule has 152 valence electrons. The minimum atomic E-state index is 0.179. The van der Waals surface area contributed by atoms with Crippen LogP contribution in [0.4, 0.5) is 5.69 Å². The van der Waals surface area contributed by atoms with Crippen molar-refractivity contribution in [1.82, 2.24) is 5.32 Å². The Labute approximate surface area is 177 Å². The Morgan fingerprint density at radius 2 is 1.93 bits per heavy atom. The number of hydrogen-bond acceptors (Lipinski definition) is 5. The van der Waals surface area contributed by atoms with Crippen LogP contribution in [0.5, 0.6) is 5.75 Å². The van der Waals surface area contributed by atoms with E-state index < -0.39 is 0 Å². The number of anilines is 1. The van der Waals surface area contributed by atoms with E-state index in [1.807, 2.05) is 42.7 Å². The third-order valence-corrected chi connectivity index (χ3v) is 5.31. The molecule has 28 heavy (non-hydrogen) atoms. The van der Waals surface area contributed by atoms with Gasteiger partial charge in [0.05, 0.1) is 12.8 Å². The van der Waals surface area contributed by atoms with E-state index in [2.05, 4.69) is 16.1 Å². The predicted molar refractivity (Wildman–Crippen MR) is 121 cm³/mol. The van der Waals surface area contributed by atoms with Crippen LogP contribution in [-0.2, 0) is 6.42 Å². The summed E-state index contributed by atoms with van der Waals surface area (Å²) >= 11 is 7.64. The van der Waals surface area contributed by atoms with Crippen molar-refractivity contribution >= 4 is 35.0 Å². The molecular formula is C22H29ClN2O2S. The highest BCUT2D eigenvalue weighted by molar-refractivity contribution is 7.99. The smallest absolute Gasteiger partial charge is 0.162 e. The lowest BCUT2D eigenvalue weighted by Gasteiger charge is -2.10. The zero-order valence-corrected chi connectivity index (χ0v) is 18.2. The summed E-state index contributed by atoms with van der Waals surface area (Å²) in [6.07, 6.45) is 6.46. The third-order valence-electron chi connectivity index (χ3n) is 4.52. The lowest BCUT2D eigenvalue weighted by molar-refractivity contribution is 0.0979. The maximum Gasteiger partial charge on any atom is 0.162 e. The molecule has 0 atom stereocenters. The molecule has 0 aliphatic heterocycles. The zero-order valence-electron chi connectivity index (χ0n) is 16.6. The van der Waals surface area contributed by atoms with Crippen LogP contribution in [0.2, 0.25) is 5.02 Å². The molecule has 0 saturated carbocycles. The lowest BCUT2D eigenvalue weighted by Crippen LogP contribution is -2.18. The Bertz CT molecular complexity index is 755. The Kier molecular flexibility index (Phi) is 10.3. The number of benzene rings is 2. The van der Waals surface area contributed by atoms with Gasteiger partial charge >= 0.3 is 0 Å². The average Bonchev–Trinajstić information content (AvgIpc) is 2.71. The number of Topliss-reactive ketones (excluding diaryl/α,β-unsaturated/α-hetero) is 1.